The lowest BCUT2D eigenvalue weighted by Crippen LogP contribution is -2.22. The Labute approximate surface area is 177 Å². The minimum Gasteiger partial charge on any atom is -0.491 e. The molecule has 1 N–H and O–H groups in total. The number of aromatic nitrogens is 3. The monoisotopic (exact) mass is 430 g/mol. The zero-order valence-corrected chi connectivity index (χ0v) is 18.1. The molecule has 152 valence electrons. The Morgan fingerprint density at radius 3 is 2.66 bits per heavy atom. The maximum atomic E-state index is 12.6. The van der Waals surface area contributed by atoms with Crippen molar-refractivity contribution in [2.75, 3.05) is 12.4 Å². The van der Waals surface area contributed by atoms with Gasteiger partial charge >= 0.3 is 0 Å². The van der Waals surface area contributed by atoms with Gasteiger partial charge in [0.2, 0.25) is 11.3 Å². The average Bonchev–Trinajstić information content (AvgIpc) is 3.13. The summed E-state index contributed by atoms with van der Waals surface area (Å²) in [5.74, 6) is 0.510. The van der Waals surface area contributed by atoms with E-state index in [2.05, 4.69) is 22.4 Å². The van der Waals surface area contributed by atoms with Gasteiger partial charge in [-0.1, -0.05) is 42.2 Å². The number of nitrogens with zero attached hydrogens (tertiary/aromatic N) is 3. The van der Waals surface area contributed by atoms with E-state index in [0.717, 1.165) is 21.5 Å². The van der Waals surface area contributed by atoms with E-state index in [1.165, 1.54) is 41.8 Å². The number of aryl methyl sites for hydroxylation is 2. The number of ether oxygens (including phenoxy) is 1. The number of carbonyl (C=O) groups is 1. The molecule has 0 aliphatic rings. The van der Waals surface area contributed by atoms with Crippen molar-refractivity contribution in [2.45, 2.75) is 36.9 Å². The number of rotatable bonds is 8. The molecular formula is C20H22N4O3S2. The van der Waals surface area contributed by atoms with Crippen molar-refractivity contribution in [1.29, 1.82) is 0 Å². The van der Waals surface area contributed by atoms with Crippen molar-refractivity contribution in [2.24, 2.45) is 0 Å². The predicted octanol–water partition coefficient (Wildman–Crippen LogP) is 3.51. The molecule has 0 saturated heterocycles. The number of thioether (sulfide) groups is 1. The number of anilines is 1. The van der Waals surface area contributed by atoms with Crippen LogP contribution in [0.15, 0.2) is 45.7 Å². The van der Waals surface area contributed by atoms with Gasteiger partial charge in [0.15, 0.2) is 10.1 Å². The molecule has 0 aliphatic carbocycles. The highest BCUT2D eigenvalue weighted by Gasteiger charge is 2.12. The standard InChI is InChI=1S/C20H22N4O3S2/c1-4-14-5-7-15(8-6-14)21-19(26)11-24-10-18(27-3)17(25)9-16(24)12-28-20-23-22-13(2)29-20/h5-10H,4,11-12H2,1-3H3,(H,21,26). The van der Waals surface area contributed by atoms with E-state index >= 15 is 0 Å². The lowest BCUT2D eigenvalue weighted by molar-refractivity contribution is -0.116. The van der Waals surface area contributed by atoms with E-state index in [9.17, 15) is 9.59 Å². The minimum absolute atomic E-state index is 0.0667. The Kier molecular flexibility index (Phi) is 7.05. The molecule has 2 heterocycles. The van der Waals surface area contributed by atoms with Gasteiger partial charge in [-0.15, -0.1) is 10.2 Å². The Hall–Kier alpha value is -2.65. The molecule has 1 aromatic carbocycles. The van der Waals surface area contributed by atoms with Crippen molar-refractivity contribution in [1.82, 2.24) is 14.8 Å². The summed E-state index contributed by atoms with van der Waals surface area (Å²) >= 11 is 2.97. The third-order valence-corrected chi connectivity index (χ3v) is 6.22. The highest BCUT2D eigenvalue weighted by atomic mass is 32.2. The summed E-state index contributed by atoms with van der Waals surface area (Å²) in [6.07, 6.45) is 2.52. The Balaban J connectivity index is 1.76. The molecule has 0 aliphatic heterocycles. The first kappa shape index (κ1) is 21.1. The van der Waals surface area contributed by atoms with Crippen LogP contribution in [0.5, 0.6) is 5.75 Å². The third-order valence-electron chi connectivity index (χ3n) is 4.21. The molecule has 3 aromatic rings. The van der Waals surface area contributed by atoms with Crippen LogP contribution >= 0.6 is 23.1 Å². The summed E-state index contributed by atoms with van der Waals surface area (Å²) in [5, 5.41) is 11.9. The molecule has 3 rings (SSSR count). The van der Waals surface area contributed by atoms with Gasteiger partial charge in [0.1, 0.15) is 11.6 Å². The first-order chi connectivity index (χ1) is 14.0. The van der Waals surface area contributed by atoms with Crippen LogP contribution in [0.2, 0.25) is 0 Å². The van der Waals surface area contributed by atoms with Crippen LogP contribution in [0.25, 0.3) is 0 Å². The number of hydrogen-bond acceptors (Lipinski definition) is 7. The zero-order valence-electron chi connectivity index (χ0n) is 16.5. The number of carbonyl (C=O) groups excluding carboxylic acids is 1. The van der Waals surface area contributed by atoms with E-state index < -0.39 is 0 Å². The highest BCUT2D eigenvalue weighted by Crippen LogP contribution is 2.25. The van der Waals surface area contributed by atoms with Gasteiger partial charge in [0.25, 0.3) is 0 Å². The fraction of sp³-hybridized carbons (Fsp3) is 0.300. The van der Waals surface area contributed by atoms with E-state index in [1.54, 1.807) is 10.8 Å². The number of benzene rings is 1. The molecule has 0 radical (unpaired) electrons. The first-order valence-corrected chi connectivity index (χ1v) is 10.9. The maximum absolute atomic E-state index is 12.6. The lowest BCUT2D eigenvalue weighted by Gasteiger charge is -2.14. The maximum Gasteiger partial charge on any atom is 0.244 e. The van der Waals surface area contributed by atoms with Gasteiger partial charge < -0.3 is 14.6 Å². The Morgan fingerprint density at radius 2 is 2.03 bits per heavy atom. The van der Waals surface area contributed by atoms with Crippen LogP contribution in [-0.4, -0.2) is 27.8 Å². The molecule has 7 nitrogen and oxygen atoms in total. The largest absolute Gasteiger partial charge is 0.491 e. The number of amides is 1. The van der Waals surface area contributed by atoms with Crippen molar-refractivity contribution in [3.63, 3.8) is 0 Å². The summed E-state index contributed by atoms with van der Waals surface area (Å²) in [4.78, 5) is 24.8. The second kappa shape index (κ2) is 9.71. The molecule has 2 aromatic heterocycles. The highest BCUT2D eigenvalue weighted by molar-refractivity contribution is 8.00. The second-order valence-electron chi connectivity index (χ2n) is 6.30. The van der Waals surface area contributed by atoms with Crippen LogP contribution in [-0.2, 0) is 23.5 Å². The van der Waals surface area contributed by atoms with E-state index in [0.29, 0.717) is 11.4 Å². The number of nitrogens with one attached hydrogen (secondary N) is 1. The second-order valence-corrected chi connectivity index (χ2v) is 8.70. The predicted molar refractivity (Wildman–Crippen MR) is 116 cm³/mol. The van der Waals surface area contributed by atoms with Crippen LogP contribution in [0.1, 0.15) is 23.2 Å². The number of methoxy groups -OCH3 is 1. The summed E-state index contributed by atoms with van der Waals surface area (Å²) in [7, 11) is 1.44. The van der Waals surface area contributed by atoms with Gasteiger partial charge in [0, 0.05) is 23.2 Å². The quantitative estimate of drug-likeness (QED) is 0.551. The van der Waals surface area contributed by atoms with Gasteiger partial charge in [-0.05, 0) is 31.0 Å². The van der Waals surface area contributed by atoms with Crippen molar-refractivity contribution in [3.8, 4) is 5.75 Å². The summed E-state index contributed by atoms with van der Waals surface area (Å²) in [6, 6.07) is 9.26. The normalized spacial score (nSPS) is 10.7. The lowest BCUT2D eigenvalue weighted by atomic mass is 10.1. The topological polar surface area (TPSA) is 86.1 Å². The van der Waals surface area contributed by atoms with Gasteiger partial charge in [0.05, 0.1) is 13.3 Å². The smallest absolute Gasteiger partial charge is 0.244 e. The van der Waals surface area contributed by atoms with Gasteiger partial charge in [-0.25, -0.2) is 0 Å². The molecule has 29 heavy (non-hydrogen) atoms. The van der Waals surface area contributed by atoms with E-state index in [-0.39, 0.29) is 23.6 Å². The fourth-order valence-corrected chi connectivity index (χ4v) is 4.48. The molecule has 0 atom stereocenters. The van der Waals surface area contributed by atoms with Gasteiger partial charge in [-0.2, -0.15) is 0 Å². The molecular weight excluding hydrogens is 408 g/mol. The van der Waals surface area contributed by atoms with Gasteiger partial charge in [-0.3, -0.25) is 9.59 Å². The zero-order chi connectivity index (χ0) is 20.8. The van der Waals surface area contributed by atoms with Crippen LogP contribution in [0, 0.1) is 6.92 Å². The molecule has 0 unspecified atom stereocenters. The summed E-state index contributed by atoms with van der Waals surface area (Å²) in [5.41, 5.74) is 2.44. The van der Waals surface area contributed by atoms with Crippen LogP contribution < -0.4 is 15.5 Å². The van der Waals surface area contributed by atoms with Crippen molar-refractivity contribution >= 4 is 34.7 Å². The minimum atomic E-state index is -0.219. The molecule has 0 bridgehead atoms. The SMILES string of the molecule is CCc1ccc(NC(=O)Cn2cc(OC)c(=O)cc2CSc2nnc(C)s2)cc1. The van der Waals surface area contributed by atoms with E-state index in [4.69, 9.17) is 4.74 Å². The molecule has 0 spiro atoms. The first-order valence-electron chi connectivity index (χ1n) is 9.07. The van der Waals surface area contributed by atoms with E-state index in [1.807, 2.05) is 31.2 Å². The molecule has 0 fully saturated rings. The fourth-order valence-electron chi connectivity index (χ4n) is 2.67. The number of pyridine rings is 1. The van der Waals surface area contributed by atoms with Crippen LogP contribution in [0.4, 0.5) is 5.69 Å². The third kappa shape index (κ3) is 5.68. The van der Waals surface area contributed by atoms with Crippen molar-refractivity contribution in [3.05, 3.63) is 63.0 Å². The summed E-state index contributed by atoms with van der Waals surface area (Å²) in [6.45, 7) is 4.04. The molecule has 0 saturated carbocycles. The molecule has 9 heteroatoms. The van der Waals surface area contributed by atoms with Crippen molar-refractivity contribution < 1.29 is 9.53 Å². The van der Waals surface area contributed by atoms with Crippen LogP contribution in [0.3, 0.4) is 0 Å². The Morgan fingerprint density at radius 1 is 1.28 bits per heavy atom. The average molecular weight is 431 g/mol. The summed E-state index contributed by atoms with van der Waals surface area (Å²) < 4.78 is 7.69. The Bertz CT molecular complexity index is 1040. The molecule has 1 amide bonds. The number of hydrogen-bond donors (Lipinski definition) is 1.